The topological polar surface area (TPSA) is 19.4 Å². The van der Waals surface area contributed by atoms with Crippen molar-refractivity contribution >= 4 is 0 Å². The SMILES string of the molecule is c1ccc(CN2CCN(Cc3ccccc3)[C@@H](CCc3ccccn3)C2)cc1. The van der Waals surface area contributed by atoms with Gasteiger partial charge in [-0.3, -0.25) is 14.8 Å². The molecule has 4 rings (SSSR count). The average Bonchev–Trinajstić information content (AvgIpc) is 2.76. The van der Waals surface area contributed by atoms with Gasteiger partial charge in [-0.25, -0.2) is 0 Å². The van der Waals surface area contributed by atoms with Crippen LogP contribution in [0.1, 0.15) is 23.2 Å². The van der Waals surface area contributed by atoms with Crippen molar-refractivity contribution in [2.24, 2.45) is 0 Å². The summed E-state index contributed by atoms with van der Waals surface area (Å²) in [6, 6.07) is 28.5. The molecule has 1 fully saturated rings. The zero-order valence-corrected chi connectivity index (χ0v) is 16.5. The number of hydrogen-bond donors (Lipinski definition) is 0. The predicted molar refractivity (Wildman–Crippen MR) is 115 cm³/mol. The van der Waals surface area contributed by atoms with E-state index in [1.165, 1.54) is 16.8 Å². The quantitative estimate of drug-likeness (QED) is 0.614. The van der Waals surface area contributed by atoms with E-state index < -0.39 is 0 Å². The smallest absolute Gasteiger partial charge is 0.0404 e. The van der Waals surface area contributed by atoms with Crippen LogP contribution in [0.2, 0.25) is 0 Å². The summed E-state index contributed by atoms with van der Waals surface area (Å²) < 4.78 is 0. The fourth-order valence-corrected chi connectivity index (χ4v) is 4.10. The number of pyridine rings is 1. The van der Waals surface area contributed by atoms with Crippen LogP contribution in [0.25, 0.3) is 0 Å². The van der Waals surface area contributed by atoms with Crippen molar-refractivity contribution in [2.75, 3.05) is 19.6 Å². The molecule has 2 heterocycles. The normalized spacial score (nSPS) is 18.2. The summed E-state index contributed by atoms with van der Waals surface area (Å²) in [6.45, 7) is 5.44. The maximum atomic E-state index is 4.53. The Morgan fingerprint density at radius 2 is 1.43 bits per heavy atom. The van der Waals surface area contributed by atoms with E-state index in [1.807, 2.05) is 12.3 Å². The van der Waals surface area contributed by atoms with Crippen molar-refractivity contribution in [3.05, 3.63) is 102 Å². The molecular formula is C25H29N3. The summed E-state index contributed by atoms with van der Waals surface area (Å²) in [5.41, 5.74) is 4.01. The van der Waals surface area contributed by atoms with E-state index in [1.54, 1.807) is 0 Å². The van der Waals surface area contributed by atoms with Gasteiger partial charge in [-0.15, -0.1) is 0 Å². The van der Waals surface area contributed by atoms with Gasteiger partial charge in [-0.1, -0.05) is 66.7 Å². The van der Waals surface area contributed by atoms with E-state index in [4.69, 9.17) is 0 Å². The number of benzene rings is 2. The molecular weight excluding hydrogens is 342 g/mol. The first-order valence-electron chi connectivity index (χ1n) is 10.3. The average molecular weight is 372 g/mol. The third kappa shape index (κ3) is 5.28. The molecule has 0 bridgehead atoms. The van der Waals surface area contributed by atoms with Crippen molar-refractivity contribution in [1.82, 2.24) is 14.8 Å². The third-order valence-corrected chi connectivity index (χ3v) is 5.63. The van der Waals surface area contributed by atoms with Crippen LogP contribution in [0, 0.1) is 0 Å². The van der Waals surface area contributed by atoms with Crippen molar-refractivity contribution < 1.29 is 0 Å². The molecule has 0 amide bonds. The lowest BCUT2D eigenvalue weighted by molar-refractivity contribution is 0.0596. The summed E-state index contributed by atoms with van der Waals surface area (Å²) in [7, 11) is 0. The molecule has 3 aromatic rings. The van der Waals surface area contributed by atoms with Crippen LogP contribution < -0.4 is 0 Å². The van der Waals surface area contributed by atoms with Crippen LogP contribution in [-0.2, 0) is 19.5 Å². The number of nitrogens with zero attached hydrogens (tertiary/aromatic N) is 3. The maximum absolute atomic E-state index is 4.53. The minimum Gasteiger partial charge on any atom is -0.296 e. The standard InChI is InChI=1S/C25H29N3/c1-3-9-22(10-4-1)19-27-17-18-28(20-23-11-5-2-6-12-23)25(21-27)15-14-24-13-7-8-16-26-24/h1-13,16,25H,14-15,17-21H2/t25-/m0/s1. The molecule has 1 aliphatic rings. The molecule has 1 saturated heterocycles. The Balaban J connectivity index is 1.43. The van der Waals surface area contributed by atoms with Crippen molar-refractivity contribution in [3.63, 3.8) is 0 Å². The van der Waals surface area contributed by atoms with Crippen LogP contribution in [0.4, 0.5) is 0 Å². The molecule has 0 aliphatic carbocycles. The fourth-order valence-electron chi connectivity index (χ4n) is 4.10. The largest absolute Gasteiger partial charge is 0.296 e. The zero-order valence-electron chi connectivity index (χ0n) is 16.5. The predicted octanol–water partition coefficient (Wildman–Crippen LogP) is 4.40. The Morgan fingerprint density at radius 1 is 0.750 bits per heavy atom. The minimum absolute atomic E-state index is 0.555. The molecule has 1 aromatic heterocycles. The summed E-state index contributed by atoms with van der Waals surface area (Å²) in [6.07, 6.45) is 4.09. The van der Waals surface area contributed by atoms with E-state index in [0.717, 1.165) is 45.6 Å². The third-order valence-electron chi connectivity index (χ3n) is 5.63. The Kier molecular flexibility index (Phi) is 6.48. The monoisotopic (exact) mass is 371 g/mol. The van der Waals surface area contributed by atoms with Crippen molar-refractivity contribution in [3.8, 4) is 0 Å². The Labute approximate surface area is 168 Å². The zero-order chi connectivity index (χ0) is 19.0. The Morgan fingerprint density at radius 3 is 2.11 bits per heavy atom. The molecule has 1 aliphatic heterocycles. The molecule has 1 atom stereocenters. The highest BCUT2D eigenvalue weighted by Crippen LogP contribution is 2.20. The van der Waals surface area contributed by atoms with E-state index in [2.05, 4.69) is 87.6 Å². The van der Waals surface area contributed by atoms with Gasteiger partial charge in [0, 0.05) is 50.7 Å². The highest BCUT2D eigenvalue weighted by molar-refractivity contribution is 5.16. The van der Waals surface area contributed by atoms with E-state index in [9.17, 15) is 0 Å². The summed E-state index contributed by atoms with van der Waals surface area (Å²) in [4.78, 5) is 9.80. The van der Waals surface area contributed by atoms with E-state index in [0.29, 0.717) is 6.04 Å². The number of aromatic nitrogens is 1. The molecule has 0 spiro atoms. The van der Waals surface area contributed by atoms with Gasteiger partial charge < -0.3 is 0 Å². The molecule has 0 N–H and O–H groups in total. The van der Waals surface area contributed by atoms with Crippen LogP contribution in [0.3, 0.4) is 0 Å². The lowest BCUT2D eigenvalue weighted by Gasteiger charge is -2.41. The Hall–Kier alpha value is -2.49. The van der Waals surface area contributed by atoms with Gasteiger partial charge in [0.2, 0.25) is 0 Å². The molecule has 3 heteroatoms. The molecule has 0 saturated carbocycles. The first kappa shape index (κ1) is 18.9. The van der Waals surface area contributed by atoms with Gasteiger partial charge in [0.25, 0.3) is 0 Å². The highest BCUT2D eigenvalue weighted by Gasteiger charge is 2.26. The van der Waals surface area contributed by atoms with Crippen LogP contribution in [0.5, 0.6) is 0 Å². The Bertz CT molecular complexity index is 820. The van der Waals surface area contributed by atoms with Gasteiger partial charge >= 0.3 is 0 Å². The second-order valence-corrected chi connectivity index (χ2v) is 7.69. The number of hydrogen-bond acceptors (Lipinski definition) is 3. The second kappa shape index (κ2) is 9.63. The minimum atomic E-state index is 0.555. The van der Waals surface area contributed by atoms with Crippen LogP contribution in [0.15, 0.2) is 85.1 Å². The molecule has 0 radical (unpaired) electrons. The highest BCUT2D eigenvalue weighted by atomic mass is 15.3. The first-order valence-corrected chi connectivity index (χ1v) is 10.3. The number of aryl methyl sites for hydroxylation is 1. The number of piperazine rings is 1. The second-order valence-electron chi connectivity index (χ2n) is 7.69. The van der Waals surface area contributed by atoms with Gasteiger partial charge in [-0.05, 0) is 36.1 Å². The van der Waals surface area contributed by atoms with E-state index >= 15 is 0 Å². The molecule has 3 nitrogen and oxygen atoms in total. The van der Waals surface area contributed by atoms with Gasteiger partial charge in [0.15, 0.2) is 0 Å². The fraction of sp³-hybridized carbons (Fsp3) is 0.320. The molecule has 0 unspecified atom stereocenters. The van der Waals surface area contributed by atoms with Crippen LogP contribution in [-0.4, -0.2) is 40.5 Å². The van der Waals surface area contributed by atoms with Gasteiger partial charge in [0.05, 0.1) is 0 Å². The van der Waals surface area contributed by atoms with Crippen LogP contribution >= 0.6 is 0 Å². The van der Waals surface area contributed by atoms with Gasteiger partial charge in [0.1, 0.15) is 0 Å². The van der Waals surface area contributed by atoms with Crippen molar-refractivity contribution in [1.29, 1.82) is 0 Å². The maximum Gasteiger partial charge on any atom is 0.0404 e. The van der Waals surface area contributed by atoms with Crippen molar-refractivity contribution in [2.45, 2.75) is 32.0 Å². The number of rotatable bonds is 7. The summed E-state index contributed by atoms with van der Waals surface area (Å²) in [5.74, 6) is 0. The van der Waals surface area contributed by atoms with E-state index in [-0.39, 0.29) is 0 Å². The first-order chi connectivity index (χ1) is 13.9. The molecule has 28 heavy (non-hydrogen) atoms. The lowest BCUT2D eigenvalue weighted by atomic mass is 10.0. The molecule has 2 aromatic carbocycles. The summed E-state index contributed by atoms with van der Waals surface area (Å²) >= 11 is 0. The molecule has 144 valence electrons. The van der Waals surface area contributed by atoms with Gasteiger partial charge in [-0.2, -0.15) is 0 Å². The lowest BCUT2D eigenvalue weighted by Crippen LogP contribution is -2.52. The summed E-state index contributed by atoms with van der Waals surface area (Å²) in [5, 5.41) is 0.